The average molecular weight is 448 g/mol. The molecule has 2 aromatic heterocycles. The van der Waals surface area contributed by atoms with E-state index in [0.717, 1.165) is 33.6 Å². The molecule has 0 bridgehead atoms. The van der Waals surface area contributed by atoms with Crippen molar-refractivity contribution in [3.05, 3.63) is 82.6 Å². The molecule has 0 atom stereocenters. The zero-order valence-corrected chi connectivity index (χ0v) is 19.5. The predicted molar refractivity (Wildman–Crippen MR) is 127 cm³/mol. The van der Waals surface area contributed by atoms with Crippen LogP contribution in [0.3, 0.4) is 0 Å². The molecule has 0 fully saturated rings. The quantitative estimate of drug-likeness (QED) is 0.423. The molecule has 2 aromatic carbocycles. The molecule has 4 aromatic rings. The summed E-state index contributed by atoms with van der Waals surface area (Å²) < 4.78 is 3.43. The second-order valence-corrected chi connectivity index (χ2v) is 8.51. The van der Waals surface area contributed by atoms with E-state index < -0.39 is 0 Å². The molecule has 32 heavy (non-hydrogen) atoms. The fourth-order valence-corrected chi connectivity index (χ4v) is 3.92. The normalized spacial score (nSPS) is 11.0. The number of aromatic nitrogens is 4. The van der Waals surface area contributed by atoms with Gasteiger partial charge in [0.25, 0.3) is 0 Å². The first-order valence-corrected chi connectivity index (χ1v) is 10.8. The van der Waals surface area contributed by atoms with E-state index in [1.807, 2.05) is 81.7 Å². The van der Waals surface area contributed by atoms with Gasteiger partial charge in [0.05, 0.1) is 23.0 Å². The van der Waals surface area contributed by atoms with Crippen LogP contribution in [0.1, 0.15) is 16.8 Å². The number of carbonyl (C=O) groups excluding carboxylic acids is 1. The van der Waals surface area contributed by atoms with Gasteiger partial charge in [-0.1, -0.05) is 71.3 Å². The summed E-state index contributed by atoms with van der Waals surface area (Å²) in [5, 5.41) is 9.66. The molecule has 6 nitrogen and oxygen atoms in total. The van der Waals surface area contributed by atoms with Gasteiger partial charge >= 0.3 is 0 Å². The molecular weight excluding hydrogens is 422 g/mol. The minimum atomic E-state index is -0.0707. The summed E-state index contributed by atoms with van der Waals surface area (Å²) in [6.07, 6.45) is 1.87. The van der Waals surface area contributed by atoms with Crippen LogP contribution < -0.4 is 0 Å². The number of carbonyl (C=O) groups is 1. The highest BCUT2D eigenvalue weighted by molar-refractivity contribution is 6.35. The summed E-state index contributed by atoms with van der Waals surface area (Å²) in [4.78, 5) is 14.7. The van der Waals surface area contributed by atoms with Crippen molar-refractivity contribution in [1.29, 1.82) is 0 Å². The molecule has 0 saturated heterocycles. The fourth-order valence-electron chi connectivity index (χ4n) is 3.57. The summed E-state index contributed by atoms with van der Waals surface area (Å²) in [7, 11) is 3.63. The van der Waals surface area contributed by atoms with Crippen molar-refractivity contribution in [1.82, 2.24) is 24.5 Å². The first kappa shape index (κ1) is 21.8. The molecule has 7 heteroatoms. The van der Waals surface area contributed by atoms with Crippen molar-refractivity contribution >= 4 is 17.5 Å². The molecule has 0 spiro atoms. The third-order valence-electron chi connectivity index (χ3n) is 5.42. The Hall–Kier alpha value is -3.38. The number of amides is 1. The maximum atomic E-state index is 13.1. The number of benzene rings is 2. The Kier molecular flexibility index (Phi) is 6.15. The van der Waals surface area contributed by atoms with Crippen molar-refractivity contribution < 1.29 is 4.79 Å². The van der Waals surface area contributed by atoms with Gasteiger partial charge in [0, 0.05) is 31.4 Å². The molecule has 1 amide bonds. The second kappa shape index (κ2) is 9.01. The SMILES string of the molecule is Cc1ccc(-c2nn(CC(=O)N(C)Cc3ccn(C)n3)c(-c3ccc(C)cc3)c2Cl)cc1. The summed E-state index contributed by atoms with van der Waals surface area (Å²) in [6, 6.07) is 18.0. The lowest BCUT2D eigenvalue weighted by Crippen LogP contribution is -2.30. The zero-order valence-electron chi connectivity index (χ0n) is 18.7. The minimum Gasteiger partial charge on any atom is -0.338 e. The van der Waals surface area contributed by atoms with E-state index in [4.69, 9.17) is 16.7 Å². The van der Waals surface area contributed by atoms with Gasteiger partial charge in [-0.3, -0.25) is 14.2 Å². The Balaban J connectivity index is 1.69. The number of rotatable bonds is 6. The lowest BCUT2D eigenvalue weighted by atomic mass is 10.1. The van der Waals surface area contributed by atoms with Crippen LogP contribution >= 0.6 is 11.6 Å². The average Bonchev–Trinajstić information content (AvgIpc) is 3.32. The molecule has 4 rings (SSSR count). The lowest BCUT2D eigenvalue weighted by Gasteiger charge is -2.17. The molecule has 0 aliphatic carbocycles. The van der Waals surface area contributed by atoms with Gasteiger partial charge in [-0.25, -0.2) is 0 Å². The minimum absolute atomic E-state index is 0.0707. The molecule has 0 radical (unpaired) electrons. The number of hydrogen-bond donors (Lipinski definition) is 0. The highest BCUT2D eigenvalue weighted by Crippen LogP contribution is 2.36. The van der Waals surface area contributed by atoms with Gasteiger partial charge in [0.15, 0.2) is 0 Å². The first-order valence-electron chi connectivity index (χ1n) is 10.4. The van der Waals surface area contributed by atoms with Gasteiger partial charge in [-0.05, 0) is 19.9 Å². The van der Waals surface area contributed by atoms with Crippen LogP contribution in [0.2, 0.25) is 5.02 Å². The Labute approximate surface area is 193 Å². The Morgan fingerprint density at radius 3 is 2.09 bits per heavy atom. The Morgan fingerprint density at radius 2 is 1.53 bits per heavy atom. The van der Waals surface area contributed by atoms with Gasteiger partial charge in [-0.15, -0.1) is 0 Å². The zero-order chi connectivity index (χ0) is 22.8. The number of aryl methyl sites for hydroxylation is 3. The summed E-state index contributed by atoms with van der Waals surface area (Å²) in [5.41, 5.74) is 6.40. The van der Waals surface area contributed by atoms with Crippen molar-refractivity contribution in [2.24, 2.45) is 7.05 Å². The molecule has 0 aliphatic heterocycles. The van der Waals surface area contributed by atoms with Crippen LogP contribution in [0.15, 0.2) is 60.8 Å². The van der Waals surface area contributed by atoms with Crippen LogP contribution in [0.5, 0.6) is 0 Å². The molecule has 2 heterocycles. The number of nitrogens with zero attached hydrogens (tertiary/aromatic N) is 5. The van der Waals surface area contributed by atoms with E-state index in [2.05, 4.69) is 5.10 Å². The smallest absolute Gasteiger partial charge is 0.244 e. The van der Waals surface area contributed by atoms with Gasteiger partial charge in [0.1, 0.15) is 12.2 Å². The third-order valence-corrected chi connectivity index (χ3v) is 5.78. The highest BCUT2D eigenvalue weighted by Gasteiger charge is 2.22. The van der Waals surface area contributed by atoms with E-state index in [0.29, 0.717) is 17.3 Å². The van der Waals surface area contributed by atoms with Crippen molar-refractivity contribution in [3.8, 4) is 22.5 Å². The van der Waals surface area contributed by atoms with Crippen LogP contribution in [0.25, 0.3) is 22.5 Å². The molecule has 0 saturated carbocycles. The van der Waals surface area contributed by atoms with E-state index in [-0.39, 0.29) is 12.5 Å². The van der Waals surface area contributed by atoms with Gasteiger partial charge < -0.3 is 4.90 Å². The Morgan fingerprint density at radius 1 is 0.938 bits per heavy atom. The fraction of sp³-hybridized carbons (Fsp3) is 0.240. The monoisotopic (exact) mass is 447 g/mol. The molecular formula is C25H26ClN5O. The molecule has 164 valence electrons. The maximum Gasteiger partial charge on any atom is 0.244 e. The molecule has 0 aliphatic rings. The molecule has 0 N–H and O–H groups in total. The highest BCUT2D eigenvalue weighted by atomic mass is 35.5. The number of halogens is 1. The number of hydrogen-bond acceptors (Lipinski definition) is 3. The van der Waals surface area contributed by atoms with Crippen LogP contribution in [-0.2, 0) is 24.9 Å². The van der Waals surface area contributed by atoms with Gasteiger partial charge in [-0.2, -0.15) is 10.2 Å². The van der Waals surface area contributed by atoms with Crippen LogP contribution in [-0.4, -0.2) is 37.4 Å². The lowest BCUT2D eigenvalue weighted by molar-refractivity contribution is -0.131. The topological polar surface area (TPSA) is 56.0 Å². The van der Waals surface area contributed by atoms with Crippen LogP contribution in [0.4, 0.5) is 0 Å². The number of likely N-dealkylation sites (N-methyl/N-ethyl adjacent to an activating group) is 1. The molecule has 0 unspecified atom stereocenters. The van der Waals surface area contributed by atoms with E-state index in [9.17, 15) is 4.79 Å². The second-order valence-electron chi connectivity index (χ2n) is 8.13. The summed E-state index contributed by atoms with van der Waals surface area (Å²) in [6.45, 7) is 4.59. The van der Waals surface area contributed by atoms with Crippen molar-refractivity contribution in [2.75, 3.05) is 7.05 Å². The van der Waals surface area contributed by atoms with E-state index >= 15 is 0 Å². The third kappa shape index (κ3) is 4.60. The van der Waals surface area contributed by atoms with Crippen molar-refractivity contribution in [2.45, 2.75) is 26.9 Å². The maximum absolute atomic E-state index is 13.1. The Bertz CT molecular complexity index is 1240. The van der Waals surface area contributed by atoms with Crippen LogP contribution in [0, 0.1) is 13.8 Å². The first-order chi connectivity index (χ1) is 15.3. The predicted octanol–water partition coefficient (Wildman–Crippen LogP) is 4.88. The standard InChI is InChI=1S/C25H26ClN5O/c1-17-5-9-19(10-6-17)24-23(26)25(20-11-7-18(2)8-12-20)31(28-24)16-22(32)29(3)15-21-13-14-30(4)27-21/h5-14H,15-16H2,1-4H3. The van der Waals surface area contributed by atoms with Gasteiger partial charge in [0.2, 0.25) is 5.91 Å². The van der Waals surface area contributed by atoms with E-state index in [1.165, 1.54) is 0 Å². The summed E-state index contributed by atoms with van der Waals surface area (Å²) >= 11 is 6.85. The summed E-state index contributed by atoms with van der Waals surface area (Å²) in [5.74, 6) is -0.0707. The van der Waals surface area contributed by atoms with E-state index in [1.54, 1.807) is 21.3 Å². The van der Waals surface area contributed by atoms with Crippen molar-refractivity contribution in [3.63, 3.8) is 0 Å². The largest absolute Gasteiger partial charge is 0.338 e.